The van der Waals surface area contributed by atoms with Crippen LogP contribution in [0.2, 0.25) is 0 Å². The number of hydrogen-bond donors (Lipinski definition) is 1. The third-order valence-corrected chi connectivity index (χ3v) is 7.13. The third kappa shape index (κ3) is 4.90. The Morgan fingerprint density at radius 2 is 1.68 bits per heavy atom. The molecule has 5 rings (SSSR count). The number of imide groups is 2. The van der Waals surface area contributed by atoms with Crippen LogP contribution in [-0.2, 0) is 16.2 Å². The summed E-state index contributed by atoms with van der Waals surface area (Å²) in [5, 5.41) is 4.05. The second kappa shape index (κ2) is 10.0. The molecule has 1 aliphatic rings. The smallest absolute Gasteiger partial charge is 0.335 e. The number of nitrogens with one attached hydrogen (secondary N) is 1. The highest BCUT2D eigenvalue weighted by Crippen LogP contribution is 2.33. The number of barbiturate groups is 1. The molecule has 1 heterocycles. The molecule has 0 spiro atoms. The topological polar surface area (TPSA) is 75.7 Å². The standard InChI is InChI=1S/C30H23BrN2O4/c1-18-7-9-20(10-8-18)17-37-27-14-11-21-5-3-4-6-23(21)24(27)16-25-28(34)32-30(36)33(29(25)35)22-12-13-26(31)19(2)15-22/h3-16H,17H2,1-2H3,(H,32,34,36)/b25-16-. The number of anilines is 1. The fraction of sp³-hybridized carbons (Fsp3) is 0.100. The van der Waals surface area contributed by atoms with Crippen molar-refractivity contribution in [2.75, 3.05) is 4.90 Å². The maximum atomic E-state index is 13.5. The lowest BCUT2D eigenvalue weighted by Gasteiger charge is -2.27. The number of carbonyl (C=O) groups is 3. The van der Waals surface area contributed by atoms with E-state index in [1.165, 1.54) is 6.08 Å². The zero-order valence-corrected chi connectivity index (χ0v) is 21.8. The van der Waals surface area contributed by atoms with E-state index in [1.807, 2.05) is 74.5 Å². The number of ether oxygens (including phenoxy) is 1. The maximum Gasteiger partial charge on any atom is 0.335 e. The molecule has 6 nitrogen and oxygen atoms in total. The molecule has 0 saturated carbocycles. The summed E-state index contributed by atoms with van der Waals surface area (Å²) in [6, 6.07) is 23.8. The summed E-state index contributed by atoms with van der Waals surface area (Å²) in [5.74, 6) is -0.930. The van der Waals surface area contributed by atoms with Crippen LogP contribution in [0.4, 0.5) is 10.5 Å². The van der Waals surface area contributed by atoms with Gasteiger partial charge in [-0.25, -0.2) is 9.69 Å². The van der Waals surface area contributed by atoms with Crippen LogP contribution in [-0.4, -0.2) is 17.8 Å². The Morgan fingerprint density at radius 1 is 0.919 bits per heavy atom. The first kappa shape index (κ1) is 24.5. The molecule has 0 aliphatic carbocycles. The van der Waals surface area contributed by atoms with Crippen LogP contribution < -0.4 is 15.0 Å². The first-order chi connectivity index (χ1) is 17.8. The lowest BCUT2D eigenvalue weighted by molar-refractivity contribution is -0.122. The van der Waals surface area contributed by atoms with Gasteiger partial charge in [0, 0.05) is 10.0 Å². The maximum absolute atomic E-state index is 13.5. The Labute approximate surface area is 222 Å². The van der Waals surface area contributed by atoms with Crippen molar-refractivity contribution in [3.63, 3.8) is 0 Å². The van der Waals surface area contributed by atoms with E-state index in [9.17, 15) is 14.4 Å². The van der Waals surface area contributed by atoms with Crippen molar-refractivity contribution in [2.24, 2.45) is 0 Å². The van der Waals surface area contributed by atoms with Gasteiger partial charge in [0.05, 0.1) is 5.69 Å². The molecular formula is C30H23BrN2O4. The number of nitrogens with zero attached hydrogens (tertiary/aromatic N) is 1. The summed E-state index contributed by atoms with van der Waals surface area (Å²) in [7, 11) is 0. The van der Waals surface area contributed by atoms with E-state index in [0.29, 0.717) is 23.6 Å². The van der Waals surface area contributed by atoms with Crippen molar-refractivity contribution in [3.05, 3.63) is 111 Å². The molecule has 4 aromatic rings. The third-order valence-electron chi connectivity index (χ3n) is 6.24. The van der Waals surface area contributed by atoms with Crippen LogP contribution in [0.25, 0.3) is 16.8 Å². The van der Waals surface area contributed by atoms with E-state index >= 15 is 0 Å². The highest BCUT2D eigenvalue weighted by molar-refractivity contribution is 9.10. The monoisotopic (exact) mass is 554 g/mol. The minimum absolute atomic E-state index is 0.156. The van der Waals surface area contributed by atoms with Gasteiger partial charge in [0.15, 0.2) is 0 Å². The van der Waals surface area contributed by atoms with Gasteiger partial charge in [0.1, 0.15) is 17.9 Å². The van der Waals surface area contributed by atoms with Gasteiger partial charge in [-0.1, -0.05) is 76.1 Å². The molecule has 1 aliphatic heterocycles. The first-order valence-electron chi connectivity index (χ1n) is 11.7. The highest BCUT2D eigenvalue weighted by atomic mass is 79.9. The Bertz CT molecular complexity index is 1590. The Hall–Kier alpha value is -4.23. The van der Waals surface area contributed by atoms with Crippen molar-refractivity contribution in [1.82, 2.24) is 5.32 Å². The van der Waals surface area contributed by atoms with E-state index in [-0.39, 0.29) is 5.57 Å². The van der Waals surface area contributed by atoms with Crippen molar-refractivity contribution in [3.8, 4) is 5.75 Å². The average Bonchev–Trinajstić information content (AvgIpc) is 2.88. The summed E-state index contributed by atoms with van der Waals surface area (Å²) in [6.45, 7) is 4.20. The van der Waals surface area contributed by atoms with Crippen molar-refractivity contribution in [2.45, 2.75) is 20.5 Å². The van der Waals surface area contributed by atoms with Gasteiger partial charge in [-0.15, -0.1) is 0 Å². The molecule has 1 saturated heterocycles. The number of hydrogen-bond acceptors (Lipinski definition) is 4. The summed E-state index contributed by atoms with van der Waals surface area (Å²) in [4.78, 5) is 40.1. The van der Waals surface area contributed by atoms with Crippen LogP contribution in [0, 0.1) is 13.8 Å². The van der Waals surface area contributed by atoms with E-state index in [1.54, 1.807) is 18.2 Å². The minimum Gasteiger partial charge on any atom is -0.488 e. The van der Waals surface area contributed by atoms with Gasteiger partial charge >= 0.3 is 6.03 Å². The number of rotatable bonds is 5. The number of fused-ring (bicyclic) bond motifs is 1. The van der Waals surface area contributed by atoms with Gasteiger partial charge in [0.25, 0.3) is 11.8 Å². The molecular weight excluding hydrogens is 532 g/mol. The molecule has 1 N–H and O–H groups in total. The van der Waals surface area contributed by atoms with Crippen molar-refractivity contribution < 1.29 is 19.1 Å². The largest absolute Gasteiger partial charge is 0.488 e. The van der Waals surface area contributed by atoms with Gasteiger partial charge in [0.2, 0.25) is 0 Å². The normalized spacial score (nSPS) is 14.8. The van der Waals surface area contributed by atoms with E-state index in [4.69, 9.17) is 4.74 Å². The predicted molar refractivity (Wildman–Crippen MR) is 147 cm³/mol. The fourth-order valence-corrected chi connectivity index (χ4v) is 4.45. The minimum atomic E-state index is -0.789. The van der Waals surface area contributed by atoms with Crippen LogP contribution in [0.3, 0.4) is 0 Å². The fourth-order valence-electron chi connectivity index (χ4n) is 4.20. The average molecular weight is 555 g/mol. The molecule has 37 heavy (non-hydrogen) atoms. The number of amides is 4. The molecule has 4 amide bonds. The van der Waals surface area contributed by atoms with E-state index in [0.717, 1.165) is 36.8 Å². The summed E-state index contributed by atoms with van der Waals surface area (Å²) in [6.07, 6.45) is 1.51. The second-order valence-corrected chi connectivity index (χ2v) is 9.72. The van der Waals surface area contributed by atoms with Crippen LogP contribution in [0.15, 0.2) is 88.9 Å². The molecule has 4 aromatic carbocycles. The van der Waals surface area contributed by atoms with Gasteiger partial charge in [-0.2, -0.15) is 0 Å². The Morgan fingerprint density at radius 3 is 2.43 bits per heavy atom. The molecule has 0 aromatic heterocycles. The van der Waals surface area contributed by atoms with Gasteiger partial charge in [-0.05, 0) is 66.1 Å². The quantitative estimate of drug-likeness (QED) is 0.227. The molecule has 7 heteroatoms. The second-order valence-electron chi connectivity index (χ2n) is 8.86. The molecule has 0 unspecified atom stereocenters. The zero-order chi connectivity index (χ0) is 26.1. The molecule has 1 fully saturated rings. The van der Waals surface area contributed by atoms with Gasteiger partial charge < -0.3 is 4.74 Å². The Kier molecular flexibility index (Phi) is 6.63. The molecule has 184 valence electrons. The van der Waals surface area contributed by atoms with E-state index < -0.39 is 17.8 Å². The first-order valence-corrected chi connectivity index (χ1v) is 12.5. The number of carbonyl (C=O) groups excluding carboxylic acids is 3. The van der Waals surface area contributed by atoms with Crippen LogP contribution in [0.5, 0.6) is 5.75 Å². The highest BCUT2D eigenvalue weighted by Gasteiger charge is 2.37. The predicted octanol–water partition coefficient (Wildman–Crippen LogP) is 6.46. The molecule has 0 atom stereocenters. The van der Waals surface area contributed by atoms with Crippen molar-refractivity contribution >= 4 is 56.3 Å². The lowest BCUT2D eigenvalue weighted by Crippen LogP contribution is -2.54. The summed E-state index contributed by atoms with van der Waals surface area (Å²) >= 11 is 3.43. The van der Waals surface area contributed by atoms with Crippen LogP contribution in [0.1, 0.15) is 22.3 Å². The number of halogens is 1. The SMILES string of the molecule is Cc1ccc(COc2ccc3ccccc3c2/C=C2/C(=O)NC(=O)N(c3ccc(Br)c(C)c3)C2=O)cc1. The molecule has 0 radical (unpaired) electrons. The van der Waals surface area contributed by atoms with Crippen LogP contribution >= 0.6 is 15.9 Å². The zero-order valence-electron chi connectivity index (χ0n) is 20.2. The number of benzene rings is 4. The summed E-state index contributed by atoms with van der Waals surface area (Å²) < 4.78 is 7.02. The summed E-state index contributed by atoms with van der Waals surface area (Å²) in [5.41, 5.74) is 3.80. The lowest BCUT2D eigenvalue weighted by atomic mass is 9.99. The Balaban J connectivity index is 1.58. The van der Waals surface area contributed by atoms with E-state index in [2.05, 4.69) is 21.2 Å². The number of urea groups is 1. The molecule has 0 bridgehead atoms. The van der Waals surface area contributed by atoms with Gasteiger partial charge in [-0.3, -0.25) is 14.9 Å². The number of aryl methyl sites for hydroxylation is 2. The van der Waals surface area contributed by atoms with Crippen molar-refractivity contribution in [1.29, 1.82) is 0 Å².